The summed E-state index contributed by atoms with van der Waals surface area (Å²) in [5.41, 5.74) is 1.79. The topological polar surface area (TPSA) is 25.8 Å². The van der Waals surface area contributed by atoms with Crippen molar-refractivity contribution in [3.63, 3.8) is 0 Å². The van der Waals surface area contributed by atoms with Crippen LogP contribution in [0.1, 0.15) is 0 Å². The summed E-state index contributed by atoms with van der Waals surface area (Å²) in [5, 5.41) is 0. The Balaban J connectivity index is 2.84. The maximum absolute atomic E-state index is 4.28. The molecule has 0 radical (unpaired) electrons. The van der Waals surface area contributed by atoms with Crippen LogP contribution < -0.4 is 0 Å². The van der Waals surface area contributed by atoms with Gasteiger partial charge in [-0.05, 0) is 44.0 Å². The summed E-state index contributed by atoms with van der Waals surface area (Å²) >= 11 is 6.59. The van der Waals surface area contributed by atoms with Gasteiger partial charge in [0.05, 0.1) is 11.0 Å². The number of rotatable bonds is 0. The first kappa shape index (κ1) is 8.13. The van der Waals surface area contributed by atoms with Gasteiger partial charge in [0, 0.05) is 0 Å². The van der Waals surface area contributed by atoms with E-state index >= 15 is 0 Å². The van der Waals surface area contributed by atoms with E-state index in [0.29, 0.717) is 0 Å². The summed E-state index contributed by atoms with van der Waals surface area (Å²) in [7, 11) is 0. The van der Waals surface area contributed by atoms with Crippen LogP contribution in [-0.4, -0.2) is 9.97 Å². The minimum Gasteiger partial charge on any atom is -0.236 e. The summed E-state index contributed by atoms with van der Waals surface area (Å²) in [6, 6.07) is 7.74. The predicted octanol–water partition coefficient (Wildman–Crippen LogP) is 3.15. The lowest BCUT2D eigenvalue weighted by atomic mass is 10.3. The minimum atomic E-state index is 0.737. The van der Waals surface area contributed by atoms with E-state index in [9.17, 15) is 0 Å². The Kier molecular flexibility index (Phi) is 2.11. The molecule has 0 unspecified atom stereocenters. The molecule has 0 aliphatic rings. The second kappa shape index (κ2) is 3.11. The first-order valence-electron chi connectivity index (χ1n) is 3.35. The number of para-hydroxylation sites is 2. The highest BCUT2D eigenvalue weighted by Gasteiger charge is 2.01. The van der Waals surface area contributed by atoms with E-state index in [0.717, 1.165) is 20.2 Å². The standard InChI is InChI=1S/C8H4Br2N2/c9-7-8(10)12-6-4-2-1-3-5(6)11-7/h1-4H. The molecule has 0 aliphatic carbocycles. The third-order valence-corrected chi connectivity index (χ3v) is 3.13. The molecule has 1 heterocycles. The van der Waals surface area contributed by atoms with Crippen LogP contribution in [0.25, 0.3) is 11.0 Å². The second-order valence-electron chi connectivity index (χ2n) is 2.29. The molecule has 0 N–H and O–H groups in total. The summed E-state index contributed by atoms with van der Waals surface area (Å²) in [4.78, 5) is 8.56. The molecule has 1 aromatic carbocycles. The zero-order valence-electron chi connectivity index (χ0n) is 5.96. The SMILES string of the molecule is Brc1nc2ccccc2nc1Br. The van der Waals surface area contributed by atoms with Crippen molar-refractivity contribution in [2.24, 2.45) is 0 Å². The van der Waals surface area contributed by atoms with Crippen LogP contribution in [0.4, 0.5) is 0 Å². The smallest absolute Gasteiger partial charge is 0.139 e. The van der Waals surface area contributed by atoms with Crippen molar-refractivity contribution >= 4 is 42.9 Å². The first-order chi connectivity index (χ1) is 5.77. The van der Waals surface area contributed by atoms with Gasteiger partial charge in [0.15, 0.2) is 0 Å². The Hall–Kier alpha value is -0.480. The van der Waals surface area contributed by atoms with Gasteiger partial charge < -0.3 is 0 Å². The predicted molar refractivity (Wildman–Crippen MR) is 54.9 cm³/mol. The molecule has 60 valence electrons. The first-order valence-corrected chi connectivity index (χ1v) is 4.94. The number of fused-ring (bicyclic) bond motifs is 1. The molecule has 0 atom stereocenters. The molecule has 0 saturated carbocycles. The van der Waals surface area contributed by atoms with E-state index < -0.39 is 0 Å². The van der Waals surface area contributed by atoms with E-state index in [2.05, 4.69) is 41.8 Å². The summed E-state index contributed by atoms with van der Waals surface area (Å²) in [6.07, 6.45) is 0. The van der Waals surface area contributed by atoms with Gasteiger partial charge in [0.1, 0.15) is 9.21 Å². The van der Waals surface area contributed by atoms with Crippen molar-refractivity contribution in [3.8, 4) is 0 Å². The Labute approximate surface area is 86.3 Å². The molecule has 4 heteroatoms. The fraction of sp³-hybridized carbons (Fsp3) is 0. The fourth-order valence-electron chi connectivity index (χ4n) is 0.957. The van der Waals surface area contributed by atoms with Crippen molar-refractivity contribution in [1.29, 1.82) is 0 Å². The molecule has 0 bridgehead atoms. The molecule has 2 aromatic rings. The molecule has 2 nitrogen and oxygen atoms in total. The van der Waals surface area contributed by atoms with E-state index in [1.54, 1.807) is 0 Å². The summed E-state index contributed by atoms with van der Waals surface area (Å²) < 4.78 is 1.47. The summed E-state index contributed by atoms with van der Waals surface area (Å²) in [5.74, 6) is 0. The highest BCUT2D eigenvalue weighted by molar-refractivity contribution is 9.13. The summed E-state index contributed by atoms with van der Waals surface area (Å²) in [6.45, 7) is 0. The van der Waals surface area contributed by atoms with Crippen molar-refractivity contribution in [3.05, 3.63) is 33.5 Å². The van der Waals surface area contributed by atoms with Gasteiger partial charge in [-0.15, -0.1) is 0 Å². The maximum Gasteiger partial charge on any atom is 0.139 e. The highest BCUT2D eigenvalue weighted by Crippen LogP contribution is 2.21. The van der Waals surface area contributed by atoms with Crippen molar-refractivity contribution in [2.45, 2.75) is 0 Å². The van der Waals surface area contributed by atoms with E-state index in [4.69, 9.17) is 0 Å². The maximum atomic E-state index is 4.28. The van der Waals surface area contributed by atoms with Crippen molar-refractivity contribution in [1.82, 2.24) is 9.97 Å². The van der Waals surface area contributed by atoms with E-state index in [1.807, 2.05) is 24.3 Å². The van der Waals surface area contributed by atoms with Crippen LogP contribution in [-0.2, 0) is 0 Å². The van der Waals surface area contributed by atoms with Gasteiger partial charge in [-0.3, -0.25) is 0 Å². The van der Waals surface area contributed by atoms with Gasteiger partial charge >= 0.3 is 0 Å². The molecule has 0 fully saturated rings. The molecule has 0 spiro atoms. The van der Waals surface area contributed by atoms with Gasteiger partial charge in [0.25, 0.3) is 0 Å². The normalized spacial score (nSPS) is 10.5. The van der Waals surface area contributed by atoms with Crippen LogP contribution in [0.15, 0.2) is 33.5 Å². The number of benzene rings is 1. The molecule has 0 amide bonds. The number of halogens is 2. The third kappa shape index (κ3) is 1.36. The Bertz CT molecular complexity index is 388. The van der Waals surface area contributed by atoms with E-state index in [1.165, 1.54) is 0 Å². The highest BCUT2D eigenvalue weighted by atomic mass is 79.9. The average Bonchev–Trinajstić information content (AvgIpc) is 2.07. The fourth-order valence-corrected chi connectivity index (χ4v) is 1.52. The van der Waals surface area contributed by atoms with Gasteiger partial charge in [0.2, 0.25) is 0 Å². The molecular formula is C8H4Br2N2. The molecule has 0 saturated heterocycles. The van der Waals surface area contributed by atoms with Crippen molar-refractivity contribution in [2.75, 3.05) is 0 Å². The van der Waals surface area contributed by atoms with Crippen LogP contribution in [0.2, 0.25) is 0 Å². The van der Waals surface area contributed by atoms with Crippen LogP contribution in [0.3, 0.4) is 0 Å². The van der Waals surface area contributed by atoms with Crippen molar-refractivity contribution < 1.29 is 0 Å². The molecule has 0 aliphatic heterocycles. The van der Waals surface area contributed by atoms with Crippen LogP contribution in [0, 0.1) is 0 Å². The third-order valence-electron chi connectivity index (χ3n) is 1.49. The number of nitrogens with zero attached hydrogens (tertiary/aromatic N) is 2. The van der Waals surface area contributed by atoms with E-state index in [-0.39, 0.29) is 0 Å². The number of hydrogen-bond acceptors (Lipinski definition) is 2. The number of aromatic nitrogens is 2. The van der Waals surface area contributed by atoms with Gasteiger partial charge in [-0.25, -0.2) is 9.97 Å². The molecule has 1 aromatic heterocycles. The second-order valence-corrected chi connectivity index (χ2v) is 3.80. The Morgan fingerprint density at radius 3 is 1.67 bits per heavy atom. The largest absolute Gasteiger partial charge is 0.236 e. The lowest BCUT2D eigenvalue weighted by molar-refractivity contribution is 1.21. The van der Waals surface area contributed by atoms with Crippen LogP contribution in [0.5, 0.6) is 0 Å². The number of hydrogen-bond donors (Lipinski definition) is 0. The molecule has 2 rings (SSSR count). The zero-order valence-corrected chi connectivity index (χ0v) is 9.13. The minimum absolute atomic E-state index is 0.737. The van der Waals surface area contributed by atoms with Crippen LogP contribution >= 0.6 is 31.9 Å². The lowest BCUT2D eigenvalue weighted by Gasteiger charge is -1.97. The zero-order chi connectivity index (χ0) is 8.55. The quantitative estimate of drug-likeness (QED) is 0.744. The Morgan fingerprint density at radius 1 is 0.833 bits per heavy atom. The molecular weight excluding hydrogens is 284 g/mol. The monoisotopic (exact) mass is 286 g/mol. The van der Waals surface area contributed by atoms with Gasteiger partial charge in [-0.2, -0.15) is 0 Å². The average molecular weight is 288 g/mol. The molecule has 12 heavy (non-hydrogen) atoms. The van der Waals surface area contributed by atoms with Gasteiger partial charge in [-0.1, -0.05) is 12.1 Å². The lowest BCUT2D eigenvalue weighted by Crippen LogP contribution is -1.85. The Morgan fingerprint density at radius 2 is 1.25 bits per heavy atom.